The smallest absolute Gasteiger partial charge is 0.421 e. The molecule has 0 radical (unpaired) electrons. The number of halogens is 12. The second-order valence-corrected chi connectivity index (χ2v) is 14.2. The van der Waals surface area contributed by atoms with Gasteiger partial charge in [-0.25, -0.2) is 33.7 Å². The van der Waals surface area contributed by atoms with E-state index in [-0.39, 0.29) is 6.15 Å². The number of sulfonamides is 4. The number of alkyl halides is 12. The van der Waals surface area contributed by atoms with Gasteiger partial charge in [-0.15, -0.1) is 0 Å². The van der Waals surface area contributed by atoms with Crippen molar-refractivity contribution in [2.24, 2.45) is 0 Å². The number of likely N-dealkylation sites (tertiary alicyclic amines) is 1. The zero-order chi connectivity index (χ0) is 32.2. The fourth-order valence-corrected chi connectivity index (χ4v) is 5.71. The van der Waals surface area contributed by atoms with Crippen LogP contribution in [-0.4, -0.2) is 86.9 Å². The minimum absolute atomic E-state index is 0. The molecule has 12 nitrogen and oxygen atoms in total. The van der Waals surface area contributed by atoms with Gasteiger partial charge >= 0.3 is 22.0 Å². The van der Waals surface area contributed by atoms with Gasteiger partial charge < -0.3 is 18.9 Å². The van der Waals surface area contributed by atoms with Crippen LogP contribution in [0.5, 0.6) is 0 Å². The summed E-state index contributed by atoms with van der Waals surface area (Å²) in [4.78, 5) is 0. The summed E-state index contributed by atoms with van der Waals surface area (Å²) < 4.78 is 220. The Hall–Kier alpha value is -1.20. The average molecular weight is 707 g/mol. The van der Waals surface area contributed by atoms with E-state index in [9.17, 15) is 86.4 Å². The first kappa shape index (κ1) is 43.3. The van der Waals surface area contributed by atoms with Crippen molar-refractivity contribution in [3.05, 3.63) is 8.25 Å². The van der Waals surface area contributed by atoms with Crippen LogP contribution in [0.25, 0.3) is 8.25 Å². The van der Waals surface area contributed by atoms with Crippen molar-refractivity contribution >= 4 is 40.1 Å². The van der Waals surface area contributed by atoms with Crippen LogP contribution in [0, 0.1) is 0 Å². The van der Waals surface area contributed by atoms with Gasteiger partial charge in [-0.05, 0) is 6.42 Å². The van der Waals surface area contributed by atoms with Crippen LogP contribution in [0.3, 0.4) is 0 Å². The molecule has 28 heteroatoms. The molecule has 0 spiro atoms. The molecule has 246 valence electrons. The Morgan fingerprint density at radius 3 is 0.900 bits per heavy atom. The number of nitrogens with zero attached hydrogens (tertiary/aromatic N) is 3. The third-order valence-electron chi connectivity index (χ3n) is 3.97. The first-order valence-electron chi connectivity index (χ1n) is 9.25. The maximum Gasteiger partial charge on any atom is 0.480 e. The highest BCUT2D eigenvalue weighted by atomic mass is 32.3. The van der Waals surface area contributed by atoms with Crippen LogP contribution >= 0.6 is 0 Å². The van der Waals surface area contributed by atoms with Gasteiger partial charge in [0.15, 0.2) is 40.1 Å². The highest BCUT2D eigenvalue weighted by molar-refractivity contribution is 8.13. The summed E-state index contributed by atoms with van der Waals surface area (Å²) in [6.07, 6.45) is 4.25. The molecule has 1 aliphatic heterocycles. The van der Waals surface area contributed by atoms with E-state index in [1.807, 2.05) is 0 Å². The molecule has 1 heterocycles. The van der Waals surface area contributed by atoms with Crippen molar-refractivity contribution in [3.63, 3.8) is 0 Å². The van der Waals surface area contributed by atoms with Gasteiger partial charge in [0.2, 0.25) is 0 Å². The van der Waals surface area contributed by atoms with Crippen LogP contribution in [-0.2, 0) is 40.1 Å². The highest BCUT2D eigenvalue weighted by Crippen LogP contribution is 2.37. The molecule has 4 N–H and O–H groups in total. The molecule has 0 aromatic rings. The molecule has 0 unspecified atom stereocenters. The average Bonchev–Trinajstić information content (AvgIpc) is 3.03. The lowest BCUT2D eigenvalue weighted by Gasteiger charge is -2.28. The van der Waals surface area contributed by atoms with Crippen molar-refractivity contribution in [2.75, 3.05) is 26.7 Å². The number of hydrogen-bond donors (Lipinski definition) is 1. The van der Waals surface area contributed by atoms with Crippen molar-refractivity contribution in [3.8, 4) is 0 Å². The molecule has 0 aromatic carbocycles. The molecule has 0 atom stereocenters. The predicted octanol–water partition coefficient (Wildman–Crippen LogP) is 4.13. The topological polar surface area (TPSA) is 201 Å². The summed E-state index contributed by atoms with van der Waals surface area (Å²) in [5.41, 5.74) is -24.8. The summed E-state index contributed by atoms with van der Waals surface area (Å²) in [6, 6.07) is 0. The van der Waals surface area contributed by atoms with Gasteiger partial charge in [-0.2, -0.15) is 52.7 Å². The number of quaternary nitrogens is 2. The first-order chi connectivity index (χ1) is 16.7. The molecule has 40 heavy (non-hydrogen) atoms. The SMILES string of the molecule is CCC[N+]1(C)CCCC1.O=S(=O)([N-]S(=O)(=O)C(F)(F)F)C(F)(F)F.O=S(=O)([N-]S(=O)(=O)C(F)(F)F)C(F)(F)F.[NH4+]. The second-order valence-electron chi connectivity index (χ2n) is 7.33. The van der Waals surface area contributed by atoms with Gasteiger partial charge in [0.1, 0.15) is 0 Å². The Morgan fingerprint density at radius 2 is 0.750 bits per heavy atom. The van der Waals surface area contributed by atoms with Gasteiger partial charge in [0.05, 0.1) is 26.7 Å². The van der Waals surface area contributed by atoms with E-state index < -0.39 is 62.1 Å². The Morgan fingerprint density at radius 1 is 0.550 bits per heavy atom. The summed E-state index contributed by atoms with van der Waals surface area (Å²) in [5, 5.41) is 0. The Bertz CT molecular complexity index is 1060. The molecule has 0 amide bonds. The van der Waals surface area contributed by atoms with E-state index in [4.69, 9.17) is 0 Å². The van der Waals surface area contributed by atoms with Crippen LogP contribution in [0.4, 0.5) is 52.7 Å². The fraction of sp³-hybridized carbons (Fsp3) is 1.00. The zero-order valence-corrected chi connectivity index (χ0v) is 23.3. The first-order valence-corrected chi connectivity index (χ1v) is 15.0. The summed E-state index contributed by atoms with van der Waals surface area (Å²) in [6.45, 7) is 6.52. The third-order valence-corrected chi connectivity index (χ3v) is 9.45. The largest absolute Gasteiger partial charge is 0.480 e. The van der Waals surface area contributed by atoms with E-state index in [0.29, 0.717) is 0 Å². The molecule has 1 saturated heterocycles. The fourth-order valence-electron chi connectivity index (χ4n) is 2.29. The van der Waals surface area contributed by atoms with Crippen LogP contribution in [0.2, 0.25) is 0 Å². The van der Waals surface area contributed by atoms with E-state index in [2.05, 4.69) is 14.0 Å². The van der Waals surface area contributed by atoms with Gasteiger partial charge in [-0.1, -0.05) is 6.92 Å². The van der Waals surface area contributed by atoms with Crippen molar-refractivity contribution < 1.29 is 90.8 Å². The lowest BCUT2D eigenvalue weighted by Crippen LogP contribution is -2.41. The standard InChI is InChI=1S/C8H18N.2C2F6NO4S2.H3N/c1-3-6-9(2)7-4-5-8-9;2*3-1(4,5)14(10,11)9-15(12,13)2(6,7)8;/h3-8H2,1-2H3;;;1H3/q+1;2*-1;/p+1. The van der Waals surface area contributed by atoms with Gasteiger partial charge in [-0.3, -0.25) is 0 Å². The molecule has 1 fully saturated rings. The second kappa shape index (κ2) is 13.8. The monoisotopic (exact) mass is 706 g/mol. The summed E-state index contributed by atoms with van der Waals surface area (Å²) >= 11 is 0. The van der Waals surface area contributed by atoms with E-state index >= 15 is 0 Å². The van der Waals surface area contributed by atoms with Crippen LogP contribution < -0.4 is 6.15 Å². The third kappa shape index (κ3) is 13.2. The maximum absolute atomic E-state index is 11.4. The molecular weight excluding hydrogens is 684 g/mol. The molecule has 0 saturated carbocycles. The number of rotatable bonds is 6. The quantitative estimate of drug-likeness (QED) is 0.314. The minimum Gasteiger partial charge on any atom is -0.421 e. The Kier molecular flexibility index (Phi) is 15.0. The molecule has 1 rings (SSSR count). The van der Waals surface area contributed by atoms with E-state index in [1.54, 1.807) is 0 Å². The summed E-state index contributed by atoms with van der Waals surface area (Å²) in [5.74, 6) is 0. The van der Waals surface area contributed by atoms with Crippen molar-refractivity contribution in [1.29, 1.82) is 0 Å². The zero-order valence-electron chi connectivity index (χ0n) is 20.0. The lowest BCUT2D eigenvalue weighted by molar-refractivity contribution is -0.897. The molecule has 0 aromatic heterocycles. The molecular formula is C12H22F12N4O8S4. The van der Waals surface area contributed by atoms with E-state index in [1.165, 1.54) is 43.4 Å². The number of hydrogen-bond acceptors (Lipinski definition) is 8. The van der Waals surface area contributed by atoms with Crippen LogP contribution in [0.1, 0.15) is 26.2 Å². The molecule has 0 aliphatic carbocycles. The minimum atomic E-state index is -6.72. The van der Waals surface area contributed by atoms with Gasteiger partial charge in [0, 0.05) is 12.8 Å². The van der Waals surface area contributed by atoms with Crippen molar-refractivity contribution in [1.82, 2.24) is 6.15 Å². The Labute approximate surface area is 220 Å². The summed E-state index contributed by atoms with van der Waals surface area (Å²) in [7, 11) is -24.5. The highest BCUT2D eigenvalue weighted by Gasteiger charge is 2.48. The Balaban J connectivity index is -0.000000522. The van der Waals surface area contributed by atoms with Crippen LogP contribution in [0.15, 0.2) is 0 Å². The van der Waals surface area contributed by atoms with E-state index in [0.717, 1.165) is 8.25 Å². The van der Waals surface area contributed by atoms with Gasteiger partial charge in [0.25, 0.3) is 0 Å². The normalized spacial score (nSPS) is 17.1. The van der Waals surface area contributed by atoms with Crippen molar-refractivity contribution in [2.45, 2.75) is 48.2 Å². The lowest BCUT2D eigenvalue weighted by atomic mass is 10.4. The predicted molar refractivity (Wildman–Crippen MR) is 113 cm³/mol. The molecule has 0 bridgehead atoms. The maximum atomic E-state index is 11.4. The molecule has 1 aliphatic rings.